The molecular formula is C15H23NO6. The number of ether oxygens (including phenoxy) is 2. The summed E-state index contributed by atoms with van der Waals surface area (Å²) in [6.45, 7) is 0.550. The molecule has 4 atom stereocenters. The molecule has 4 unspecified atom stereocenters. The highest BCUT2D eigenvalue weighted by Gasteiger charge is 2.48. The van der Waals surface area contributed by atoms with Crippen LogP contribution in [0, 0.1) is 5.41 Å². The van der Waals surface area contributed by atoms with E-state index in [1.54, 1.807) is 0 Å². The van der Waals surface area contributed by atoms with Crippen LogP contribution in [0.2, 0.25) is 0 Å². The highest BCUT2D eigenvalue weighted by molar-refractivity contribution is 5.78. The molecule has 1 aliphatic carbocycles. The van der Waals surface area contributed by atoms with Gasteiger partial charge in [-0.05, 0) is 18.3 Å². The van der Waals surface area contributed by atoms with E-state index in [0.29, 0.717) is 6.61 Å². The number of carbonyl (C=O) groups excluding carboxylic acids is 1. The second-order valence-electron chi connectivity index (χ2n) is 6.79. The molecule has 3 fully saturated rings. The van der Waals surface area contributed by atoms with Gasteiger partial charge >= 0.3 is 5.97 Å². The molecule has 7 nitrogen and oxygen atoms in total. The average Bonchev–Trinajstić information content (AvgIpc) is 3.10. The molecule has 0 aromatic heterocycles. The van der Waals surface area contributed by atoms with Crippen molar-refractivity contribution in [2.75, 3.05) is 13.2 Å². The highest BCUT2D eigenvalue weighted by Crippen LogP contribution is 2.44. The smallest absolute Gasteiger partial charge is 0.303 e. The quantitative estimate of drug-likeness (QED) is 0.662. The standard InChI is InChI=1S/C15H23NO6/c17-10-8-22-13-9(7-21-14(10)13)16-11(18)5-15(6-12(19)20)3-1-2-4-15/h9-10,13-14,17H,1-8H2,(H,16,18)(H,19,20). The summed E-state index contributed by atoms with van der Waals surface area (Å²) in [5.74, 6) is -0.997. The highest BCUT2D eigenvalue weighted by atomic mass is 16.6. The third kappa shape index (κ3) is 3.11. The first-order valence-electron chi connectivity index (χ1n) is 7.92. The molecule has 0 aromatic rings. The molecule has 0 aromatic carbocycles. The van der Waals surface area contributed by atoms with Crippen molar-refractivity contribution in [2.45, 2.75) is 62.9 Å². The first-order chi connectivity index (χ1) is 10.5. The third-order valence-electron chi connectivity index (χ3n) is 5.10. The Kier molecular flexibility index (Phi) is 4.38. The first-order valence-corrected chi connectivity index (χ1v) is 7.92. The molecule has 1 saturated carbocycles. The largest absolute Gasteiger partial charge is 0.481 e. The van der Waals surface area contributed by atoms with Gasteiger partial charge in [-0.3, -0.25) is 9.59 Å². The number of hydrogen-bond acceptors (Lipinski definition) is 5. The Morgan fingerprint density at radius 2 is 1.77 bits per heavy atom. The van der Waals surface area contributed by atoms with Gasteiger partial charge in [0.05, 0.1) is 25.7 Å². The number of carbonyl (C=O) groups is 2. The van der Waals surface area contributed by atoms with Crippen molar-refractivity contribution in [3.05, 3.63) is 0 Å². The number of aliphatic hydroxyl groups excluding tert-OH is 1. The maximum absolute atomic E-state index is 12.3. The zero-order valence-corrected chi connectivity index (χ0v) is 12.5. The summed E-state index contributed by atoms with van der Waals surface area (Å²) in [5, 5.41) is 21.7. The fourth-order valence-electron chi connectivity index (χ4n) is 4.06. The molecular weight excluding hydrogens is 290 g/mol. The number of carboxylic acids is 1. The summed E-state index contributed by atoms with van der Waals surface area (Å²) in [4.78, 5) is 23.4. The van der Waals surface area contributed by atoms with E-state index in [2.05, 4.69) is 5.32 Å². The van der Waals surface area contributed by atoms with E-state index in [9.17, 15) is 14.7 Å². The number of amides is 1. The Hall–Kier alpha value is -1.18. The van der Waals surface area contributed by atoms with Crippen molar-refractivity contribution in [2.24, 2.45) is 5.41 Å². The first kappa shape index (κ1) is 15.7. The van der Waals surface area contributed by atoms with Crippen molar-refractivity contribution >= 4 is 11.9 Å². The number of aliphatic hydroxyl groups is 1. The predicted octanol–water partition coefficient (Wildman–Crippen LogP) is 0.0549. The van der Waals surface area contributed by atoms with Crippen molar-refractivity contribution in [1.82, 2.24) is 5.32 Å². The monoisotopic (exact) mass is 313 g/mol. The lowest BCUT2D eigenvalue weighted by Crippen LogP contribution is -2.45. The van der Waals surface area contributed by atoms with Gasteiger partial charge in [-0.15, -0.1) is 0 Å². The van der Waals surface area contributed by atoms with Crippen molar-refractivity contribution in [1.29, 1.82) is 0 Å². The molecule has 124 valence electrons. The van der Waals surface area contributed by atoms with Gasteiger partial charge in [0.25, 0.3) is 0 Å². The maximum Gasteiger partial charge on any atom is 0.303 e. The Labute approximate surface area is 129 Å². The Morgan fingerprint density at radius 1 is 1.09 bits per heavy atom. The second kappa shape index (κ2) is 6.14. The molecule has 0 radical (unpaired) electrons. The third-order valence-corrected chi connectivity index (χ3v) is 5.10. The Bertz CT molecular complexity index is 447. The van der Waals surface area contributed by atoms with Crippen LogP contribution in [-0.2, 0) is 19.1 Å². The van der Waals surface area contributed by atoms with Gasteiger partial charge in [0.2, 0.25) is 5.91 Å². The van der Waals surface area contributed by atoms with Gasteiger partial charge in [-0.1, -0.05) is 12.8 Å². The topological polar surface area (TPSA) is 105 Å². The lowest BCUT2D eigenvalue weighted by Gasteiger charge is -2.27. The van der Waals surface area contributed by atoms with Crippen LogP contribution >= 0.6 is 0 Å². The molecule has 1 amide bonds. The van der Waals surface area contributed by atoms with E-state index in [1.165, 1.54) is 0 Å². The zero-order chi connectivity index (χ0) is 15.7. The summed E-state index contributed by atoms with van der Waals surface area (Å²) in [7, 11) is 0. The fourth-order valence-corrected chi connectivity index (χ4v) is 4.06. The fraction of sp³-hybridized carbons (Fsp3) is 0.867. The van der Waals surface area contributed by atoms with Crippen LogP contribution in [-0.4, -0.2) is 59.7 Å². The SMILES string of the molecule is O=C(O)CC1(CC(=O)NC2COC3C(O)COC23)CCCC1. The van der Waals surface area contributed by atoms with Gasteiger partial charge in [-0.2, -0.15) is 0 Å². The molecule has 7 heteroatoms. The van der Waals surface area contributed by atoms with Crippen LogP contribution in [0.3, 0.4) is 0 Å². The van der Waals surface area contributed by atoms with Crippen LogP contribution in [0.4, 0.5) is 0 Å². The van der Waals surface area contributed by atoms with Crippen LogP contribution in [0.25, 0.3) is 0 Å². The van der Waals surface area contributed by atoms with Gasteiger partial charge < -0.3 is 25.0 Å². The summed E-state index contributed by atoms with van der Waals surface area (Å²) >= 11 is 0. The molecule has 2 saturated heterocycles. The van der Waals surface area contributed by atoms with Crippen molar-refractivity contribution in [3.63, 3.8) is 0 Å². The number of hydrogen-bond donors (Lipinski definition) is 3. The molecule has 2 heterocycles. The predicted molar refractivity (Wildman–Crippen MR) is 75.2 cm³/mol. The molecule has 3 rings (SSSR count). The number of nitrogens with one attached hydrogen (secondary N) is 1. The van der Waals surface area contributed by atoms with Crippen LogP contribution < -0.4 is 5.32 Å². The molecule has 2 aliphatic heterocycles. The van der Waals surface area contributed by atoms with E-state index in [4.69, 9.17) is 14.6 Å². The number of fused-ring (bicyclic) bond motifs is 1. The molecule has 0 bridgehead atoms. The van der Waals surface area contributed by atoms with Crippen LogP contribution in [0.1, 0.15) is 38.5 Å². The lowest BCUT2D eigenvalue weighted by molar-refractivity contribution is -0.140. The Balaban J connectivity index is 1.57. The summed E-state index contributed by atoms with van der Waals surface area (Å²) in [5.41, 5.74) is -0.412. The average molecular weight is 313 g/mol. The minimum atomic E-state index is -0.846. The lowest BCUT2D eigenvalue weighted by atomic mass is 9.79. The van der Waals surface area contributed by atoms with E-state index in [0.717, 1.165) is 25.7 Å². The van der Waals surface area contributed by atoms with E-state index in [-0.39, 0.29) is 43.6 Å². The van der Waals surface area contributed by atoms with Gasteiger partial charge in [0.1, 0.15) is 18.3 Å². The number of carboxylic acid groups (broad SMARTS) is 1. The van der Waals surface area contributed by atoms with E-state index >= 15 is 0 Å². The molecule has 22 heavy (non-hydrogen) atoms. The van der Waals surface area contributed by atoms with E-state index in [1.807, 2.05) is 0 Å². The second-order valence-corrected chi connectivity index (χ2v) is 6.79. The normalized spacial score (nSPS) is 36.2. The minimum Gasteiger partial charge on any atom is -0.481 e. The van der Waals surface area contributed by atoms with Gasteiger partial charge in [0.15, 0.2) is 0 Å². The molecule has 0 spiro atoms. The zero-order valence-electron chi connectivity index (χ0n) is 12.5. The maximum atomic E-state index is 12.3. The van der Waals surface area contributed by atoms with Gasteiger partial charge in [0, 0.05) is 6.42 Å². The van der Waals surface area contributed by atoms with Crippen LogP contribution in [0.5, 0.6) is 0 Å². The number of rotatable bonds is 5. The van der Waals surface area contributed by atoms with Gasteiger partial charge in [-0.25, -0.2) is 0 Å². The van der Waals surface area contributed by atoms with Crippen molar-refractivity contribution in [3.8, 4) is 0 Å². The molecule has 3 N–H and O–H groups in total. The minimum absolute atomic E-state index is 0.0445. The van der Waals surface area contributed by atoms with E-state index < -0.39 is 17.5 Å². The molecule has 3 aliphatic rings. The Morgan fingerprint density at radius 3 is 2.45 bits per heavy atom. The number of aliphatic carboxylic acids is 1. The summed E-state index contributed by atoms with van der Waals surface area (Å²) in [6.07, 6.45) is 2.49. The summed E-state index contributed by atoms with van der Waals surface area (Å²) in [6, 6.07) is -0.266. The summed E-state index contributed by atoms with van der Waals surface area (Å²) < 4.78 is 11.0. The van der Waals surface area contributed by atoms with Crippen LogP contribution in [0.15, 0.2) is 0 Å². The van der Waals surface area contributed by atoms with Crippen molar-refractivity contribution < 1.29 is 29.3 Å².